The first kappa shape index (κ1) is 56.5. The molecular weight excluding hydrogens is 693 g/mol. The number of hydrogen-bond acceptors (Lipinski definition) is 2. The van der Waals surface area contributed by atoms with E-state index < -0.39 is 0 Å². The molecule has 0 radical (unpaired) electrons. The van der Waals surface area contributed by atoms with Crippen LogP contribution in [0, 0.1) is 0 Å². The van der Waals surface area contributed by atoms with Crippen LogP contribution in [0.4, 0.5) is 0 Å². The standard InChI is InChI=1S/C55H110O2/c1-3-5-7-9-11-13-15-17-19-20-21-22-23-24-25-26-27-28-29-30-31-32-33-34-35-36-37-38-39-41-43-45-47-49-51-53-55(56)57-54-52-50-48-46-44-42-40-18-16-14-12-10-8-6-4-2/h3-54H2,1-2H3. The average molecular weight is 803 g/mol. The van der Waals surface area contributed by atoms with Crippen LogP contribution in [0.1, 0.15) is 341 Å². The van der Waals surface area contributed by atoms with Gasteiger partial charge in [-0.15, -0.1) is 0 Å². The van der Waals surface area contributed by atoms with Gasteiger partial charge in [-0.05, 0) is 12.8 Å². The van der Waals surface area contributed by atoms with E-state index in [1.54, 1.807) is 0 Å². The highest BCUT2D eigenvalue weighted by atomic mass is 16.5. The molecule has 0 aromatic heterocycles. The molecule has 2 nitrogen and oxygen atoms in total. The maximum atomic E-state index is 12.0. The molecule has 0 amide bonds. The summed E-state index contributed by atoms with van der Waals surface area (Å²) in [5.41, 5.74) is 0. The van der Waals surface area contributed by atoms with Crippen molar-refractivity contribution in [2.24, 2.45) is 0 Å². The minimum Gasteiger partial charge on any atom is -0.466 e. The van der Waals surface area contributed by atoms with Gasteiger partial charge < -0.3 is 4.74 Å². The molecule has 0 aliphatic carbocycles. The summed E-state index contributed by atoms with van der Waals surface area (Å²) in [6.45, 7) is 5.24. The lowest BCUT2D eigenvalue weighted by atomic mass is 10.0. The first-order valence-corrected chi connectivity index (χ1v) is 27.5. The lowest BCUT2D eigenvalue weighted by molar-refractivity contribution is -0.143. The Kier molecular flexibility index (Phi) is 53.0. The largest absolute Gasteiger partial charge is 0.466 e. The monoisotopic (exact) mass is 803 g/mol. The van der Waals surface area contributed by atoms with Crippen LogP contribution in [0.25, 0.3) is 0 Å². The van der Waals surface area contributed by atoms with Gasteiger partial charge in [-0.2, -0.15) is 0 Å². The van der Waals surface area contributed by atoms with Crippen LogP contribution in [0.2, 0.25) is 0 Å². The van der Waals surface area contributed by atoms with Gasteiger partial charge in [0.1, 0.15) is 0 Å². The molecule has 0 heterocycles. The van der Waals surface area contributed by atoms with E-state index in [9.17, 15) is 4.79 Å². The summed E-state index contributed by atoms with van der Waals surface area (Å²) in [5.74, 6) is 0.0337. The van der Waals surface area contributed by atoms with Gasteiger partial charge in [-0.1, -0.05) is 322 Å². The predicted octanol–water partition coefficient (Wildman–Crippen LogP) is 20.5. The van der Waals surface area contributed by atoms with E-state index in [0.29, 0.717) is 13.0 Å². The van der Waals surface area contributed by atoms with Crippen molar-refractivity contribution in [3.63, 3.8) is 0 Å². The number of carbonyl (C=O) groups is 1. The lowest BCUT2D eigenvalue weighted by Crippen LogP contribution is -2.05. The van der Waals surface area contributed by atoms with Gasteiger partial charge >= 0.3 is 5.97 Å². The van der Waals surface area contributed by atoms with Crippen molar-refractivity contribution >= 4 is 5.97 Å². The van der Waals surface area contributed by atoms with Crippen LogP contribution >= 0.6 is 0 Å². The number of ether oxygens (including phenoxy) is 1. The topological polar surface area (TPSA) is 26.3 Å². The summed E-state index contributed by atoms with van der Waals surface area (Å²) >= 11 is 0. The van der Waals surface area contributed by atoms with Gasteiger partial charge in [-0.25, -0.2) is 0 Å². The van der Waals surface area contributed by atoms with Crippen LogP contribution in [-0.4, -0.2) is 12.6 Å². The van der Waals surface area contributed by atoms with E-state index in [4.69, 9.17) is 4.74 Å². The molecular formula is C55H110O2. The van der Waals surface area contributed by atoms with Crippen molar-refractivity contribution in [1.29, 1.82) is 0 Å². The van der Waals surface area contributed by atoms with Crippen molar-refractivity contribution in [2.75, 3.05) is 6.61 Å². The third kappa shape index (κ3) is 53.5. The molecule has 0 spiro atoms. The maximum absolute atomic E-state index is 12.0. The SMILES string of the molecule is CCCCCCCCCCCCCCCCCCCCCCCCCCCCCCCCCCCCCC(=O)OCCCCCCCCCCCCCCCCC. The third-order valence-electron chi connectivity index (χ3n) is 13.0. The molecule has 0 aromatic carbocycles. The van der Waals surface area contributed by atoms with Crippen LogP contribution in [0.5, 0.6) is 0 Å². The lowest BCUT2D eigenvalue weighted by Gasteiger charge is -2.06. The Bertz CT molecular complexity index is 703. The van der Waals surface area contributed by atoms with E-state index in [-0.39, 0.29) is 5.97 Å². The van der Waals surface area contributed by atoms with E-state index in [2.05, 4.69) is 13.8 Å². The molecule has 0 atom stereocenters. The Balaban J connectivity index is 3.13. The molecule has 342 valence electrons. The number of esters is 1. The van der Waals surface area contributed by atoms with E-state index >= 15 is 0 Å². The molecule has 0 aliphatic heterocycles. The summed E-state index contributed by atoms with van der Waals surface area (Å²) < 4.78 is 5.49. The highest BCUT2D eigenvalue weighted by molar-refractivity contribution is 5.69. The Morgan fingerprint density at radius 2 is 0.386 bits per heavy atom. The Morgan fingerprint density at radius 1 is 0.228 bits per heavy atom. The zero-order chi connectivity index (χ0) is 41.1. The molecule has 0 unspecified atom stereocenters. The molecule has 0 aliphatic rings. The Morgan fingerprint density at radius 3 is 0.579 bits per heavy atom. The first-order valence-electron chi connectivity index (χ1n) is 27.5. The number of carbonyl (C=O) groups excluding carboxylic acids is 1. The molecule has 0 aromatic rings. The molecule has 2 heteroatoms. The van der Waals surface area contributed by atoms with Crippen molar-refractivity contribution < 1.29 is 9.53 Å². The summed E-state index contributed by atoms with van der Waals surface area (Å²) in [6.07, 6.45) is 71.4. The minimum absolute atomic E-state index is 0.0337. The second-order valence-electron chi connectivity index (χ2n) is 18.9. The Hall–Kier alpha value is -0.530. The van der Waals surface area contributed by atoms with Gasteiger partial charge in [0.25, 0.3) is 0 Å². The molecule has 0 saturated heterocycles. The fraction of sp³-hybridized carbons (Fsp3) is 0.982. The highest BCUT2D eigenvalue weighted by Gasteiger charge is 2.03. The number of rotatable bonds is 52. The van der Waals surface area contributed by atoms with Crippen molar-refractivity contribution in [3.8, 4) is 0 Å². The van der Waals surface area contributed by atoms with E-state index in [1.165, 1.54) is 308 Å². The second kappa shape index (κ2) is 53.5. The number of hydrogen-bond donors (Lipinski definition) is 0. The molecule has 0 fully saturated rings. The van der Waals surface area contributed by atoms with Crippen molar-refractivity contribution in [1.82, 2.24) is 0 Å². The van der Waals surface area contributed by atoms with Crippen LogP contribution in [-0.2, 0) is 9.53 Å². The normalized spacial score (nSPS) is 11.5. The fourth-order valence-electron chi connectivity index (χ4n) is 8.91. The van der Waals surface area contributed by atoms with Gasteiger partial charge in [0.05, 0.1) is 6.61 Å². The van der Waals surface area contributed by atoms with Crippen LogP contribution in [0.3, 0.4) is 0 Å². The predicted molar refractivity (Wildman–Crippen MR) is 258 cm³/mol. The van der Waals surface area contributed by atoms with E-state index in [0.717, 1.165) is 12.8 Å². The van der Waals surface area contributed by atoms with Crippen LogP contribution < -0.4 is 0 Å². The Labute approximate surface area is 362 Å². The second-order valence-corrected chi connectivity index (χ2v) is 18.9. The maximum Gasteiger partial charge on any atom is 0.305 e. The fourth-order valence-corrected chi connectivity index (χ4v) is 8.91. The van der Waals surface area contributed by atoms with Gasteiger partial charge in [0.2, 0.25) is 0 Å². The third-order valence-corrected chi connectivity index (χ3v) is 13.0. The minimum atomic E-state index is 0.0337. The van der Waals surface area contributed by atoms with Gasteiger partial charge in [-0.3, -0.25) is 4.79 Å². The smallest absolute Gasteiger partial charge is 0.305 e. The van der Waals surface area contributed by atoms with Gasteiger partial charge in [0.15, 0.2) is 0 Å². The summed E-state index contributed by atoms with van der Waals surface area (Å²) in [6, 6.07) is 0. The first-order chi connectivity index (χ1) is 28.3. The van der Waals surface area contributed by atoms with Crippen molar-refractivity contribution in [3.05, 3.63) is 0 Å². The zero-order valence-electron chi connectivity index (χ0n) is 40.1. The quantitative estimate of drug-likeness (QED) is 0.0452. The molecule has 0 bridgehead atoms. The average Bonchev–Trinajstić information content (AvgIpc) is 3.22. The highest BCUT2D eigenvalue weighted by Crippen LogP contribution is 2.18. The molecule has 0 rings (SSSR count). The summed E-state index contributed by atoms with van der Waals surface area (Å²) in [5, 5.41) is 0. The zero-order valence-corrected chi connectivity index (χ0v) is 40.1. The summed E-state index contributed by atoms with van der Waals surface area (Å²) in [7, 11) is 0. The number of unbranched alkanes of at least 4 members (excludes halogenated alkanes) is 48. The molecule has 0 saturated carbocycles. The summed E-state index contributed by atoms with van der Waals surface area (Å²) in [4.78, 5) is 12.0. The van der Waals surface area contributed by atoms with E-state index in [1.807, 2.05) is 0 Å². The van der Waals surface area contributed by atoms with Gasteiger partial charge in [0, 0.05) is 6.42 Å². The molecule has 0 N–H and O–H groups in total. The van der Waals surface area contributed by atoms with Crippen LogP contribution in [0.15, 0.2) is 0 Å². The molecule has 57 heavy (non-hydrogen) atoms. The van der Waals surface area contributed by atoms with Crippen molar-refractivity contribution in [2.45, 2.75) is 341 Å².